The van der Waals surface area contributed by atoms with Crippen LogP contribution in [0.3, 0.4) is 0 Å². The molecule has 120 valence electrons. The summed E-state index contributed by atoms with van der Waals surface area (Å²) in [5.74, 6) is 0.560. The van der Waals surface area contributed by atoms with E-state index >= 15 is 0 Å². The molecule has 4 nitrogen and oxygen atoms in total. The summed E-state index contributed by atoms with van der Waals surface area (Å²) in [6.45, 7) is 11.2. The summed E-state index contributed by atoms with van der Waals surface area (Å²) < 4.78 is 5.10. The second-order valence-electron chi connectivity index (χ2n) is 5.72. The largest absolute Gasteiger partial charge is 0.504 e. The highest BCUT2D eigenvalue weighted by atomic mass is 35.5. The SMILES string of the molecule is COc1cc(Cl)cc(CNCCN(C(C)C)C(C)C)c1O. The number of nitrogens with one attached hydrogen (secondary N) is 1. The molecule has 0 fully saturated rings. The third kappa shape index (κ3) is 5.38. The van der Waals surface area contributed by atoms with E-state index in [4.69, 9.17) is 16.3 Å². The predicted octanol–water partition coefficient (Wildman–Crippen LogP) is 3.26. The van der Waals surface area contributed by atoms with E-state index in [-0.39, 0.29) is 5.75 Å². The fourth-order valence-electron chi connectivity index (χ4n) is 2.46. The lowest BCUT2D eigenvalue weighted by atomic mass is 10.2. The number of benzene rings is 1. The topological polar surface area (TPSA) is 44.7 Å². The minimum absolute atomic E-state index is 0.152. The van der Waals surface area contributed by atoms with Gasteiger partial charge in [-0.25, -0.2) is 0 Å². The van der Waals surface area contributed by atoms with Crippen LogP contribution in [-0.4, -0.2) is 42.3 Å². The Bertz CT molecular complexity index is 442. The first-order valence-electron chi connectivity index (χ1n) is 7.38. The average Bonchev–Trinajstić information content (AvgIpc) is 2.40. The van der Waals surface area contributed by atoms with Gasteiger partial charge in [0.05, 0.1) is 7.11 Å². The van der Waals surface area contributed by atoms with Crippen LogP contribution in [0.5, 0.6) is 11.5 Å². The van der Waals surface area contributed by atoms with Crippen molar-refractivity contribution in [3.63, 3.8) is 0 Å². The molecular formula is C16H27ClN2O2. The Morgan fingerprint density at radius 2 is 1.86 bits per heavy atom. The van der Waals surface area contributed by atoms with Crippen molar-refractivity contribution in [2.24, 2.45) is 0 Å². The van der Waals surface area contributed by atoms with Crippen molar-refractivity contribution in [1.29, 1.82) is 0 Å². The van der Waals surface area contributed by atoms with E-state index in [1.54, 1.807) is 12.1 Å². The summed E-state index contributed by atoms with van der Waals surface area (Å²) >= 11 is 6.02. The molecular weight excluding hydrogens is 288 g/mol. The van der Waals surface area contributed by atoms with Gasteiger partial charge in [-0.1, -0.05) is 11.6 Å². The summed E-state index contributed by atoms with van der Waals surface area (Å²) in [6, 6.07) is 4.41. The number of aromatic hydroxyl groups is 1. The van der Waals surface area contributed by atoms with Gasteiger partial charge in [0, 0.05) is 48.4 Å². The number of phenolic OH excluding ortho intramolecular Hbond substituents is 1. The first-order valence-corrected chi connectivity index (χ1v) is 7.76. The quantitative estimate of drug-likeness (QED) is 0.723. The Balaban J connectivity index is 2.55. The van der Waals surface area contributed by atoms with E-state index in [1.165, 1.54) is 7.11 Å². The molecule has 0 unspecified atom stereocenters. The average molecular weight is 315 g/mol. The van der Waals surface area contributed by atoms with Crippen molar-refractivity contribution in [2.75, 3.05) is 20.2 Å². The number of methoxy groups -OCH3 is 1. The Morgan fingerprint density at radius 3 is 2.38 bits per heavy atom. The Labute approximate surface area is 133 Å². The maximum atomic E-state index is 10.1. The first kappa shape index (κ1) is 18.1. The zero-order valence-electron chi connectivity index (χ0n) is 13.6. The zero-order valence-corrected chi connectivity index (χ0v) is 14.4. The molecule has 0 aromatic heterocycles. The second-order valence-corrected chi connectivity index (χ2v) is 6.15. The van der Waals surface area contributed by atoms with Gasteiger partial charge in [0.2, 0.25) is 0 Å². The molecule has 0 aliphatic heterocycles. The van der Waals surface area contributed by atoms with Crippen molar-refractivity contribution >= 4 is 11.6 Å². The molecule has 2 N–H and O–H groups in total. The van der Waals surface area contributed by atoms with Gasteiger partial charge in [0.1, 0.15) is 0 Å². The summed E-state index contributed by atoms with van der Waals surface area (Å²) in [7, 11) is 1.52. The zero-order chi connectivity index (χ0) is 16.0. The molecule has 0 aliphatic rings. The molecule has 0 aliphatic carbocycles. The van der Waals surface area contributed by atoms with Crippen molar-refractivity contribution in [3.05, 3.63) is 22.7 Å². The maximum absolute atomic E-state index is 10.1. The van der Waals surface area contributed by atoms with Crippen LogP contribution >= 0.6 is 11.6 Å². The first-order chi connectivity index (χ1) is 9.86. The van der Waals surface area contributed by atoms with Crippen molar-refractivity contribution in [2.45, 2.75) is 46.3 Å². The highest BCUT2D eigenvalue weighted by molar-refractivity contribution is 6.30. The molecule has 0 atom stereocenters. The molecule has 5 heteroatoms. The molecule has 21 heavy (non-hydrogen) atoms. The molecule has 0 radical (unpaired) electrons. The van der Waals surface area contributed by atoms with E-state index in [1.807, 2.05) is 0 Å². The molecule has 0 amide bonds. The van der Waals surface area contributed by atoms with Crippen LogP contribution in [0, 0.1) is 0 Å². The van der Waals surface area contributed by atoms with E-state index < -0.39 is 0 Å². The van der Waals surface area contributed by atoms with Gasteiger partial charge in [0.25, 0.3) is 0 Å². The molecule has 0 heterocycles. The van der Waals surface area contributed by atoms with Gasteiger partial charge in [0.15, 0.2) is 11.5 Å². The van der Waals surface area contributed by atoms with Crippen LogP contribution in [-0.2, 0) is 6.54 Å². The molecule has 0 saturated carbocycles. The molecule has 0 saturated heterocycles. The minimum atomic E-state index is 0.152. The monoisotopic (exact) mass is 314 g/mol. The van der Waals surface area contributed by atoms with Crippen LogP contribution in [0.4, 0.5) is 0 Å². The van der Waals surface area contributed by atoms with E-state index in [0.717, 1.165) is 18.7 Å². The number of hydrogen-bond acceptors (Lipinski definition) is 4. The number of halogens is 1. The Hall–Kier alpha value is -0.970. The normalized spacial score (nSPS) is 11.7. The summed E-state index contributed by atoms with van der Waals surface area (Å²) in [6.07, 6.45) is 0. The molecule has 1 rings (SSSR count). The van der Waals surface area contributed by atoms with Crippen molar-refractivity contribution in [1.82, 2.24) is 10.2 Å². The fourth-order valence-corrected chi connectivity index (χ4v) is 2.69. The second kappa shape index (κ2) is 8.47. The lowest BCUT2D eigenvalue weighted by Crippen LogP contribution is -2.41. The standard InChI is InChI=1S/C16H27ClN2O2/c1-11(2)19(12(3)4)7-6-18-10-13-8-14(17)9-15(21-5)16(13)20/h8-9,11-12,18,20H,6-7,10H2,1-5H3. The lowest BCUT2D eigenvalue weighted by Gasteiger charge is -2.30. The third-order valence-corrected chi connectivity index (χ3v) is 3.75. The van der Waals surface area contributed by atoms with Gasteiger partial charge in [-0.2, -0.15) is 0 Å². The number of hydrogen-bond donors (Lipinski definition) is 2. The number of phenols is 1. The third-order valence-electron chi connectivity index (χ3n) is 3.53. The van der Waals surface area contributed by atoms with E-state index in [2.05, 4.69) is 37.9 Å². The number of nitrogens with zero attached hydrogens (tertiary/aromatic N) is 1. The minimum Gasteiger partial charge on any atom is -0.504 e. The Kier molecular flexibility index (Phi) is 7.29. The van der Waals surface area contributed by atoms with Crippen LogP contribution in [0.2, 0.25) is 5.02 Å². The van der Waals surface area contributed by atoms with Gasteiger partial charge >= 0.3 is 0 Å². The molecule has 1 aromatic rings. The highest BCUT2D eigenvalue weighted by Crippen LogP contribution is 2.33. The van der Waals surface area contributed by atoms with Crippen molar-refractivity contribution in [3.8, 4) is 11.5 Å². The lowest BCUT2D eigenvalue weighted by molar-refractivity contribution is 0.175. The summed E-state index contributed by atoms with van der Waals surface area (Å²) in [4.78, 5) is 2.42. The molecule has 0 spiro atoms. The predicted molar refractivity (Wildman–Crippen MR) is 88.4 cm³/mol. The van der Waals surface area contributed by atoms with E-state index in [9.17, 15) is 5.11 Å². The van der Waals surface area contributed by atoms with E-state index in [0.29, 0.717) is 29.4 Å². The van der Waals surface area contributed by atoms with Crippen LogP contribution in [0.1, 0.15) is 33.3 Å². The van der Waals surface area contributed by atoms with Crippen LogP contribution in [0.15, 0.2) is 12.1 Å². The maximum Gasteiger partial charge on any atom is 0.162 e. The van der Waals surface area contributed by atoms with Gasteiger partial charge in [-0.3, -0.25) is 4.90 Å². The van der Waals surface area contributed by atoms with Crippen LogP contribution < -0.4 is 10.1 Å². The summed E-state index contributed by atoms with van der Waals surface area (Å²) in [5, 5.41) is 14.0. The van der Waals surface area contributed by atoms with Crippen molar-refractivity contribution < 1.29 is 9.84 Å². The van der Waals surface area contributed by atoms with Gasteiger partial charge < -0.3 is 15.2 Å². The Morgan fingerprint density at radius 1 is 1.24 bits per heavy atom. The smallest absolute Gasteiger partial charge is 0.162 e. The number of rotatable bonds is 8. The number of ether oxygens (including phenoxy) is 1. The van der Waals surface area contributed by atoms with Gasteiger partial charge in [-0.15, -0.1) is 0 Å². The highest BCUT2D eigenvalue weighted by Gasteiger charge is 2.13. The summed E-state index contributed by atoms with van der Waals surface area (Å²) in [5.41, 5.74) is 0.750. The van der Waals surface area contributed by atoms with Gasteiger partial charge in [-0.05, 0) is 33.8 Å². The molecule has 1 aromatic carbocycles. The van der Waals surface area contributed by atoms with Crippen LogP contribution in [0.25, 0.3) is 0 Å². The fraction of sp³-hybridized carbons (Fsp3) is 0.625. The molecule has 0 bridgehead atoms.